The molecular weight excluding hydrogens is 445 g/mol. The topological polar surface area (TPSA) is 59.5 Å². The van der Waals surface area contributed by atoms with Gasteiger partial charge in [0.1, 0.15) is 23.1 Å². The van der Waals surface area contributed by atoms with Crippen molar-refractivity contribution in [3.05, 3.63) is 35.6 Å². The molecule has 0 bridgehead atoms. The number of fused-ring (bicyclic) bond motifs is 1. The van der Waals surface area contributed by atoms with Crippen molar-refractivity contribution >= 4 is 5.82 Å². The third-order valence-electron chi connectivity index (χ3n) is 7.51. The number of hydrogen-bond donors (Lipinski definition) is 1. The molecule has 6 nitrogen and oxygen atoms in total. The molecular formula is C25H31F3N4O2. The van der Waals surface area contributed by atoms with E-state index in [1.807, 2.05) is 0 Å². The first-order valence-electron chi connectivity index (χ1n) is 12.1. The van der Waals surface area contributed by atoms with Gasteiger partial charge in [0.15, 0.2) is 0 Å². The summed E-state index contributed by atoms with van der Waals surface area (Å²) in [6.07, 6.45) is 1.53. The van der Waals surface area contributed by atoms with E-state index in [9.17, 15) is 13.2 Å². The molecule has 1 N–H and O–H groups in total. The molecule has 1 aromatic heterocycles. The lowest BCUT2D eigenvalue weighted by Crippen LogP contribution is -2.32. The maximum Gasteiger partial charge on any atom is 0.266 e. The molecule has 3 aliphatic rings. The Labute approximate surface area is 197 Å². The molecule has 2 aliphatic heterocycles. The van der Waals surface area contributed by atoms with Crippen LogP contribution in [0.15, 0.2) is 24.3 Å². The van der Waals surface area contributed by atoms with Crippen molar-refractivity contribution in [1.82, 2.24) is 15.1 Å². The average molecular weight is 477 g/mol. The summed E-state index contributed by atoms with van der Waals surface area (Å²) in [6.45, 7) is 5.12. The van der Waals surface area contributed by atoms with Gasteiger partial charge < -0.3 is 19.7 Å². The minimum absolute atomic E-state index is 0.0658. The zero-order valence-corrected chi connectivity index (χ0v) is 19.4. The SMILES string of the molecule is COc1ccc(F)cc1-c1nnc(NC2C[C@@H]3CN(CC4CCOCC4)C[C@H]3C2)cc1C(F)F. The molecule has 3 fully saturated rings. The second-order valence-corrected chi connectivity index (χ2v) is 9.79. The van der Waals surface area contributed by atoms with Crippen LogP contribution in [0.4, 0.5) is 19.0 Å². The van der Waals surface area contributed by atoms with Crippen LogP contribution < -0.4 is 10.1 Å². The zero-order valence-electron chi connectivity index (χ0n) is 19.4. The van der Waals surface area contributed by atoms with Gasteiger partial charge in [-0.25, -0.2) is 13.2 Å². The monoisotopic (exact) mass is 476 g/mol. The highest BCUT2D eigenvalue weighted by Gasteiger charge is 2.41. The van der Waals surface area contributed by atoms with Crippen LogP contribution in [0.25, 0.3) is 11.3 Å². The fourth-order valence-corrected chi connectivity index (χ4v) is 5.88. The largest absolute Gasteiger partial charge is 0.496 e. The van der Waals surface area contributed by atoms with Crippen LogP contribution in [0.5, 0.6) is 5.75 Å². The quantitative estimate of drug-likeness (QED) is 0.621. The van der Waals surface area contributed by atoms with Crippen molar-refractivity contribution in [3.63, 3.8) is 0 Å². The second kappa shape index (κ2) is 10.1. The molecule has 9 heteroatoms. The molecule has 3 heterocycles. The van der Waals surface area contributed by atoms with Crippen LogP contribution in [-0.2, 0) is 4.74 Å². The van der Waals surface area contributed by atoms with Gasteiger partial charge in [0, 0.05) is 50.0 Å². The summed E-state index contributed by atoms with van der Waals surface area (Å²) in [5, 5.41) is 11.5. The minimum atomic E-state index is -2.78. The Morgan fingerprint density at radius 1 is 1.12 bits per heavy atom. The number of nitrogens with one attached hydrogen (secondary N) is 1. The van der Waals surface area contributed by atoms with Gasteiger partial charge in [-0.2, -0.15) is 0 Å². The molecule has 0 unspecified atom stereocenters. The maximum absolute atomic E-state index is 13.9. The number of nitrogens with zero attached hydrogens (tertiary/aromatic N) is 3. The predicted molar refractivity (Wildman–Crippen MR) is 123 cm³/mol. The fourth-order valence-electron chi connectivity index (χ4n) is 5.88. The Morgan fingerprint density at radius 2 is 1.85 bits per heavy atom. The van der Waals surface area contributed by atoms with Crippen LogP contribution >= 0.6 is 0 Å². The Hall–Kier alpha value is -2.39. The summed E-state index contributed by atoms with van der Waals surface area (Å²) in [6, 6.07) is 5.29. The van der Waals surface area contributed by atoms with Crippen LogP contribution in [0.1, 0.15) is 37.7 Å². The highest BCUT2D eigenvalue weighted by Crippen LogP contribution is 2.41. The van der Waals surface area contributed by atoms with Crippen molar-refractivity contribution in [1.29, 1.82) is 0 Å². The van der Waals surface area contributed by atoms with Crippen molar-refractivity contribution in [2.75, 3.05) is 45.3 Å². The van der Waals surface area contributed by atoms with Gasteiger partial charge in [0.2, 0.25) is 0 Å². The molecule has 2 atom stereocenters. The van der Waals surface area contributed by atoms with E-state index in [0.29, 0.717) is 17.7 Å². The zero-order chi connectivity index (χ0) is 23.7. The van der Waals surface area contributed by atoms with Crippen molar-refractivity contribution in [3.8, 4) is 17.0 Å². The summed E-state index contributed by atoms with van der Waals surface area (Å²) < 4.78 is 52.4. The van der Waals surface area contributed by atoms with E-state index in [1.54, 1.807) is 0 Å². The summed E-state index contributed by atoms with van der Waals surface area (Å²) in [4.78, 5) is 2.59. The molecule has 1 saturated carbocycles. The van der Waals surface area contributed by atoms with Crippen LogP contribution in [-0.4, -0.2) is 61.1 Å². The Balaban J connectivity index is 1.24. The minimum Gasteiger partial charge on any atom is -0.496 e. The molecule has 0 amide bonds. The predicted octanol–water partition coefficient (Wildman–Crippen LogP) is 4.78. The van der Waals surface area contributed by atoms with Gasteiger partial charge in [-0.15, -0.1) is 10.2 Å². The second-order valence-electron chi connectivity index (χ2n) is 9.79. The first kappa shape index (κ1) is 23.4. The molecule has 1 aromatic carbocycles. The van der Waals surface area contributed by atoms with Gasteiger partial charge in [-0.3, -0.25) is 0 Å². The fraction of sp³-hybridized carbons (Fsp3) is 0.600. The highest BCUT2D eigenvalue weighted by atomic mass is 19.3. The molecule has 5 rings (SSSR count). The Kier molecular flexibility index (Phi) is 6.92. The van der Waals surface area contributed by atoms with E-state index in [-0.39, 0.29) is 28.6 Å². The molecule has 2 aromatic rings. The summed E-state index contributed by atoms with van der Waals surface area (Å²) >= 11 is 0. The third kappa shape index (κ3) is 5.00. The number of alkyl halides is 2. The smallest absolute Gasteiger partial charge is 0.266 e. The van der Waals surface area contributed by atoms with Crippen LogP contribution in [0, 0.1) is 23.6 Å². The average Bonchev–Trinajstić information content (AvgIpc) is 3.37. The number of rotatable bonds is 7. The van der Waals surface area contributed by atoms with E-state index in [0.717, 1.165) is 70.5 Å². The Bertz CT molecular complexity index is 988. The molecule has 0 radical (unpaired) electrons. The standard InChI is InChI=1S/C25H31F3N4O2/c1-33-22-3-2-18(26)10-20(22)24-21(25(27)28)11-23(30-31-24)29-19-8-16-13-32(14-17(16)9-19)12-15-4-6-34-7-5-15/h2-3,10-11,15-17,19,25H,4-9,12-14H2,1H3,(H,29,30)/t16-,17-/m1/s1. The van der Waals surface area contributed by atoms with Crippen molar-refractivity contribution in [2.45, 2.75) is 38.2 Å². The summed E-state index contributed by atoms with van der Waals surface area (Å²) in [5.41, 5.74) is -0.192. The van der Waals surface area contributed by atoms with E-state index >= 15 is 0 Å². The van der Waals surface area contributed by atoms with Crippen LogP contribution in [0.2, 0.25) is 0 Å². The van der Waals surface area contributed by atoms with E-state index < -0.39 is 12.2 Å². The van der Waals surface area contributed by atoms with E-state index in [1.165, 1.54) is 25.3 Å². The van der Waals surface area contributed by atoms with E-state index in [2.05, 4.69) is 20.4 Å². The number of hydrogen-bond acceptors (Lipinski definition) is 6. The first-order valence-corrected chi connectivity index (χ1v) is 12.1. The van der Waals surface area contributed by atoms with Gasteiger partial charge in [-0.05, 0) is 67.7 Å². The number of anilines is 1. The van der Waals surface area contributed by atoms with Gasteiger partial charge >= 0.3 is 0 Å². The Morgan fingerprint density at radius 3 is 2.53 bits per heavy atom. The number of aromatic nitrogens is 2. The number of ether oxygens (including phenoxy) is 2. The molecule has 184 valence electrons. The maximum atomic E-state index is 13.9. The van der Waals surface area contributed by atoms with E-state index in [4.69, 9.17) is 9.47 Å². The molecule has 1 aliphatic carbocycles. The molecule has 0 spiro atoms. The van der Waals surface area contributed by atoms with Crippen LogP contribution in [0.3, 0.4) is 0 Å². The van der Waals surface area contributed by atoms with Crippen molar-refractivity contribution in [2.24, 2.45) is 17.8 Å². The number of methoxy groups -OCH3 is 1. The van der Waals surface area contributed by atoms with Gasteiger partial charge in [0.25, 0.3) is 6.43 Å². The van der Waals surface area contributed by atoms with Gasteiger partial charge in [0.05, 0.1) is 7.11 Å². The normalized spacial score (nSPS) is 24.0. The lowest BCUT2D eigenvalue weighted by molar-refractivity contribution is 0.0545. The first-order chi connectivity index (χ1) is 16.5. The molecule has 34 heavy (non-hydrogen) atoms. The molecule has 2 saturated heterocycles. The number of likely N-dealkylation sites (tertiary alicyclic amines) is 1. The number of benzene rings is 1. The lowest BCUT2D eigenvalue weighted by Gasteiger charge is -2.27. The highest BCUT2D eigenvalue weighted by molar-refractivity contribution is 5.71. The van der Waals surface area contributed by atoms with Gasteiger partial charge in [-0.1, -0.05) is 0 Å². The van der Waals surface area contributed by atoms with Crippen molar-refractivity contribution < 1.29 is 22.6 Å². The summed E-state index contributed by atoms with van der Waals surface area (Å²) in [7, 11) is 1.41. The summed E-state index contributed by atoms with van der Waals surface area (Å²) in [5.74, 6) is 2.03. The number of halogens is 3. The third-order valence-corrected chi connectivity index (χ3v) is 7.51. The lowest BCUT2D eigenvalue weighted by atomic mass is 10.00.